The third kappa shape index (κ3) is 1.58. The number of hydrogen-bond donors (Lipinski definition) is 0. The highest BCUT2D eigenvalue weighted by Crippen LogP contribution is 2.43. The van der Waals surface area contributed by atoms with E-state index in [1.807, 2.05) is 12.1 Å². The van der Waals surface area contributed by atoms with Crippen LogP contribution in [0.1, 0.15) is 6.04 Å². The summed E-state index contributed by atoms with van der Waals surface area (Å²) in [5.41, 5.74) is 0.548. The fraction of sp³-hybridized carbons (Fsp3) is 0.333. The Labute approximate surface area is 113 Å². The van der Waals surface area contributed by atoms with Crippen molar-refractivity contribution in [2.45, 2.75) is 16.4 Å². The van der Waals surface area contributed by atoms with Crippen molar-refractivity contribution in [3.63, 3.8) is 0 Å². The highest BCUT2D eigenvalue weighted by Gasteiger charge is 2.45. The van der Waals surface area contributed by atoms with E-state index in [0.717, 1.165) is 0 Å². The molecule has 0 amide bonds. The van der Waals surface area contributed by atoms with Crippen LogP contribution in [0.3, 0.4) is 0 Å². The summed E-state index contributed by atoms with van der Waals surface area (Å²) in [6.07, 6.45) is 0. The number of sulfone groups is 1. The Morgan fingerprint density at radius 2 is 2.05 bits per heavy atom. The van der Waals surface area contributed by atoms with E-state index in [0.29, 0.717) is 16.1 Å². The Kier molecular flexibility index (Phi) is 2.18. The van der Waals surface area contributed by atoms with Crippen LogP contribution in [0.15, 0.2) is 34.2 Å². The Hall–Kier alpha value is -1.34. The maximum atomic E-state index is 12.5. The number of thioether (sulfide) groups is 1. The molecule has 0 spiro atoms. The highest BCUT2D eigenvalue weighted by atomic mass is 32.2. The van der Waals surface area contributed by atoms with Gasteiger partial charge in [-0.15, -0.1) is 0 Å². The predicted octanol–water partition coefficient (Wildman–Crippen LogP) is 0.840. The van der Waals surface area contributed by atoms with Crippen molar-refractivity contribution in [1.29, 1.82) is 0 Å². The minimum Gasteiger partial charge on any atom is -0.282 e. The van der Waals surface area contributed by atoms with Crippen LogP contribution in [0.25, 0.3) is 10.9 Å². The van der Waals surface area contributed by atoms with Gasteiger partial charge in [0.1, 0.15) is 0 Å². The Bertz CT molecular complexity index is 857. The van der Waals surface area contributed by atoms with Crippen LogP contribution in [0, 0.1) is 0 Å². The highest BCUT2D eigenvalue weighted by molar-refractivity contribution is 8.02. The topological polar surface area (TPSA) is 69.0 Å². The van der Waals surface area contributed by atoms with Crippen LogP contribution in [0.5, 0.6) is 0 Å². The molecule has 4 rings (SSSR count). The van der Waals surface area contributed by atoms with Gasteiger partial charge in [-0.3, -0.25) is 9.36 Å². The lowest BCUT2D eigenvalue weighted by Gasteiger charge is -2.10. The van der Waals surface area contributed by atoms with Gasteiger partial charge in [0.15, 0.2) is 15.0 Å². The van der Waals surface area contributed by atoms with Crippen molar-refractivity contribution < 1.29 is 8.42 Å². The third-order valence-corrected chi connectivity index (χ3v) is 6.85. The molecule has 0 unspecified atom stereocenters. The van der Waals surface area contributed by atoms with Crippen LogP contribution in [0.2, 0.25) is 0 Å². The second-order valence-electron chi connectivity index (χ2n) is 4.89. The normalized spacial score (nSPS) is 27.4. The minimum atomic E-state index is -3.03. The smallest absolute Gasteiger partial charge is 0.262 e. The van der Waals surface area contributed by atoms with Crippen LogP contribution in [-0.4, -0.2) is 34.7 Å². The number of aromatic nitrogens is 2. The lowest BCUT2D eigenvalue weighted by atomic mass is 10.2. The van der Waals surface area contributed by atoms with Gasteiger partial charge in [0, 0.05) is 5.25 Å². The first-order valence-corrected chi connectivity index (χ1v) is 8.64. The second-order valence-corrected chi connectivity index (χ2v) is 8.25. The molecule has 3 heterocycles. The molecule has 0 saturated carbocycles. The Morgan fingerprint density at radius 1 is 1.26 bits per heavy atom. The van der Waals surface area contributed by atoms with Crippen LogP contribution in [-0.2, 0) is 9.84 Å². The first-order chi connectivity index (χ1) is 9.05. The van der Waals surface area contributed by atoms with E-state index in [9.17, 15) is 13.2 Å². The van der Waals surface area contributed by atoms with Crippen molar-refractivity contribution in [3.8, 4) is 0 Å². The number of fused-ring (bicyclic) bond motifs is 4. The van der Waals surface area contributed by atoms with Crippen molar-refractivity contribution in [1.82, 2.24) is 9.55 Å². The number of hydrogen-bond acceptors (Lipinski definition) is 5. The van der Waals surface area contributed by atoms with E-state index in [1.54, 1.807) is 16.7 Å². The van der Waals surface area contributed by atoms with Gasteiger partial charge in [0.2, 0.25) is 0 Å². The van der Waals surface area contributed by atoms with E-state index in [-0.39, 0.29) is 28.4 Å². The monoisotopic (exact) mass is 294 g/mol. The van der Waals surface area contributed by atoms with E-state index < -0.39 is 9.84 Å². The molecule has 2 aliphatic rings. The standard InChI is InChI=1S/C12H10N2O3S2/c15-11-7-3-1-2-4-8(7)13-12-14(11)9-5-19(16,17)6-10(9)18-12/h1-4,9-10H,5-6H2/t9-,10+/m1/s1. The van der Waals surface area contributed by atoms with Gasteiger partial charge in [0.25, 0.3) is 5.56 Å². The third-order valence-electron chi connectivity index (χ3n) is 3.64. The molecule has 2 atom stereocenters. The van der Waals surface area contributed by atoms with E-state index in [4.69, 9.17) is 0 Å². The molecule has 98 valence electrons. The Balaban J connectivity index is 2.01. The van der Waals surface area contributed by atoms with E-state index >= 15 is 0 Å². The van der Waals surface area contributed by atoms with Gasteiger partial charge in [-0.1, -0.05) is 23.9 Å². The summed E-state index contributed by atoms with van der Waals surface area (Å²) < 4.78 is 24.9. The molecule has 1 aromatic heterocycles. The summed E-state index contributed by atoms with van der Waals surface area (Å²) in [6.45, 7) is 0. The molecule has 1 aromatic carbocycles. The zero-order valence-corrected chi connectivity index (χ0v) is 11.4. The molecular formula is C12H10N2O3S2. The first kappa shape index (κ1) is 11.5. The summed E-state index contributed by atoms with van der Waals surface area (Å²) in [5, 5.41) is 1.13. The summed E-state index contributed by atoms with van der Waals surface area (Å²) in [4.78, 5) is 17.0. The molecule has 0 radical (unpaired) electrons. The van der Waals surface area contributed by atoms with Gasteiger partial charge < -0.3 is 0 Å². The second kappa shape index (κ2) is 3.61. The van der Waals surface area contributed by atoms with Crippen LogP contribution >= 0.6 is 11.8 Å². The fourth-order valence-corrected chi connectivity index (χ4v) is 6.69. The molecule has 0 aliphatic carbocycles. The number of para-hydroxylation sites is 1. The van der Waals surface area contributed by atoms with Crippen molar-refractivity contribution >= 4 is 32.5 Å². The molecule has 0 N–H and O–H groups in total. The number of nitrogens with zero attached hydrogens (tertiary/aromatic N) is 2. The molecule has 2 aromatic rings. The summed E-state index contributed by atoms with van der Waals surface area (Å²) in [5.74, 6) is 0.194. The first-order valence-electron chi connectivity index (χ1n) is 5.93. The molecule has 5 nitrogen and oxygen atoms in total. The lowest BCUT2D eigenvalue weighted by Crippen LogP contribution is -2.27. The average Bonchev–Trinajstić information content (AvgIpc) is 2.80. The maximum absolute atomic E-state index is 12.5. The largest absolute Gasteiger partial charge is 0.282 e. The molecule has 1 fully saturated rings. The minimum absolute atomic E-state index is 0.0532. The Morgan fingerprint density at radius 3 is 2.89 bits per heavy atom. The molecule has 7 heteroatoms. The van der Waals surface area contributed by atoms with Crippen molar-refractivity contribution in [2.24, 2.45) is 0 Å². The SMILES string of the molecule is O=c1c2ccccc2nc2n1[C@@H]1CS(=O)(=O)C[C@@H]1S2. The number of benzene rings is 1. The fourth-order valence-electron chi connectivity index (χ4n) is 2.79. The molecular weight excluding hydrogens is 284 g/mol. The molecule has 1 saturated heterocycles. The molecule has 0 bridgehead atoms. The quantitative estimate of drug-likeness (QED) is 0.674. The van der Waals surface area contributed by atoms with Crippen molar-refractivity contribution in [2.75, 3.05) is 11.5 Å². The molecule has 2 aliphatic heterocycles. The van der Waals surface area contributed by atoms with Gasteiger partial charge >= 0.3 is 0 Å². The predicted molar refractivity (Wildman–Crippen MR) is 73.3 cm³/mol. The number of rotatable bonds is 0. The van der Waals surface area contributed by atoms with Crippen molar-refractivity contribution in [3.05, 3.63) is 34.6 Å². The van der Waals surface area contributed by atoms with E-state index in [1.165, 1.54) is 11.8 Å². The molecule has 19 heavy (non-hydrogen) atoms. The zero-order chi connectivity index (χ0) is 13.2. The lowest BCUT2D eigenvalue weighted by molar-refractivity contribution is 0.524. The zero-order valence-electron chi connectivity index (χ0n) is 9.81. The summed E-state index contributed by atoms with van der Waals surface area (Å²) >= 11 is 1.41. The summed E-state index contributed by atoms with van der Waals surface area (Å²) in [7, 11) is -3.03. The van der Waals surface area contributed by atoms with Crippen LogP contribution in [0.4, 0.5) is 0 Å². The van der Waals surface area contributed by atoms with Gasteiger partial charge in [-0.2, -0.15) is 0 Å². The van der Waals surface area contributed by atoms with Gasteiger partial charge in [-0.25, -0.2) is 13.4 Å². The van der Waals surface area contributed by atoms with E-state index in [2.05, 4.69) is 4.98 Å². The maximum Gasteiger partial charge on any atom is 0.262 e. The van der Waals surface area contributed by atoms with Gasteiger partial charge in [0.05, 0.1) is 28.5 Å². The van der Waals surface area contributed by atoms with Crippen LogP contribution < -0.4 is 5.56 Å². The average molecular weight is 294 g/mol. The summed E-state index contributed by atoms with van der Waals surface area (Å²) in [6, 6.07) is 6.93. The van der Waals surface area contributed by atoms with Gasteiger partial charge in [-0.05, 0) is 12.1 Å².